The van der Waals surface area contributed by atoms with Crippen LogP contribution < -0.4 is 0 Å². The minimum atomic E-state index is -1.16. The lowest BCUT2D eigenvalue weighted by atomic mass is 10.2. The summed E-state index contributed by atoms with van der Waals surface area (Å²) in [5.41, 5.74) is -0.0468. The molecule has 2 rings (SSSR count). The first-order chi connectivity index (χ1) is 7.50. The number of hydrogen-bond donors (Lipinski definition) is 0. The second-order valence-electron chi connectivity index (χ2n) is 2.88. The van der Waals surface area contributed by atoms with E-state index in [4.69, 9.17) is 11.6 Å². The average Bonchev–Trinajstić information content (AvgIpc) is 2.21. The van der Waals surface area contributed by atoms with Crippen molar-refractivity contribution in [2.45, 2.75) is 0 Å². The predicted octanol–water partition coefficient (Wildman–Crippen LogP) is 2.47. The molecule has 82 valence electrons. The van der Waals surface area contributed by atoms with Gasteiger partial charge in [0.15, 0.2) is 16.7 Å². The van der Waals surface area contributed by atoms with Crippen LogP contribution in [0.4, 0.5) is 14.6 Å². The predicted molar refractivity (Wildman–Crippen MR) is 51.1 cm³/mol. The van der Waals surface area contributed by atoms with Gasteiger partial charge in [0.25, 0.3) is 0 Å². The molecular formula is C8H2ClF2N3O2. The Morgan fingerprint density at radius 1 is 1.25 bits per heavy atom. The number of nitrogens with zero attached hydrogens (tertiary/aromatic N) is 3. The third-order valence-electron chi connectivity index (χ3n) is 1.90. The van der Waals surface area contributed by atoms with Crippen LogP contribution in [-0.4, -0.2) is 15.1 Å². The van der Waals surface area contributed by atoms with Crippen LogP contribution in [0.1, 0.15) is 0 Å². The van der Waals surface area contributed by atoms with Crippen LogP contribution in [0.5, 0.6) is 0 Å². The van der Waals surface area contributed by atoms with E-state index in [1.807, 2.05) is 0 Å². The van der Waals surface area contributed by atoms with E-state index < -0.39 is 22.4 Å². The van der Waals surface area contributed by atoms with Crippen LogP contribution >= 0.6 is 11.6 Å². The molecule has 1 aromatic carbocycles. The molecule has 0 saturated carbocycles. The maximum absolute atomic E-state index is 12.9. The van der Waals surface area contributed by atoms with Gasteiger partial charge in [0.1, 0.15) is 5.52 Å². The van der Waals surface area contributed by atoms with E-state index in [2.05, 4.69) is 10.2 Å². The number of halogens is 3. The Bertz CT molecular complexity index is 605. The third-order valence-corrected chi connectivity index (χ3v) is 2.27. The fourth-order valence-corrected chi connectivity index (χ4v) is 1.44. The molecule has 0 aliphatic carbocycles. The number of nitro groups is 1. The molecule has 1 aromatic heterocycles. The van der Waals surface area contributed by atoms with Gasteiger partial charge in [-0.05, 0) is 16.1 Å². The quantitative estimate of drug-likeness (QED) is 0.572. The fourth-order valence-electron chi connectivity index (χ4n) is 1.18. The highest BCUT2D eigenvalue weighted by molar-refractivity contribution is 6.37. The Hall–Kier alpha value is -1.89. The molecule has 0 bridgehead atoms. The van der Waals surface area contributed by atoms with Gasteiger partial charge in [-0.25, -0.2) is 8.78 Å². The molecule has 0 amide bonds. The first-order valence-corrected chi connectivity index (χ1v) is 4.34. The molecule has 0 spiro atoms. The van der Waals surface area contributed by atoms with Gasteiger partial charge in [0, 0.05) is 11.5 Å². The number of fused-ring (bicyclic) bond motifs is 1. The summed E-state index contributed by atoms with van der Waals surface area (Å²) >= 11 is 5.63. The van der Waals surface area contributed by atoms with Crippen LogP contribution in [0.3, 0.4) is 0 Å². The molecule has 8 heteroatoms. The van der Waals surface area contributed by atoms with E-state index in [0.717, 1.165) is 12.1 Å². The van der Waals surface area contributed by atoms with Crippen molar-refractivity contribution in [1.82, 2.24) is 10.2 Å². The van der Waals surface area contributed by atoms with Crippen molar-refractivity contribution in [3.63, 3.8) is 0 Å². The molecule has 0 atom stereocenters. The van der Waals surface area contributed by atoms with Crippen LogP contribution in [0.25, 0.3) is 10.9 Å². The Labute approximate surface area is 91.8 Å². The molecule has 1 heterocycles. The van der Waals surface area contributed by atoms with Gasteiger partial charge >= 0.3 is 5.82 Å². The summed E-state index contributed by atoms with van der Waals surface area (Å²) < 4.78 is 25.7. The third kappa shape index (κ3) is 1.54. The Kier molecular flexibility index (Phi) is 2.39. The lowest BCUT2D eigenvalue weighted by Crippen LogP contribution is -1.97. The zero-order chi connectivity index (χ0) is 11.9. The number of aromatic nitrogens is 2. The molecule has 0 unspecified atom stereocenters. The summed E-state index contributed by atoms with van der Waals surface area (Å²) in [6.45, 7) is 0. The largest absolute Gasteiger partial charge is 0.410 e. The second-order valence-corrected chi connectivity index (χ2v) is 3.26. The maximum Gasteiger partial charge on any atom is 0.410 e. The zero-order valence-electron chi connectivity index (χ0n) is 7.45. The van der Waals surface area contributed by atoms with E-state index in [1.54, 1.807) is 0 Å². The first-order valence-electron chi connectivity index (χ1n) is 3.96. The highest BCUT2D eigenvalue weighted by Gasteiger charge is 2.20. The second kappa shape index (κ2) is 3.60. The number of benzene rings is 1. The number of hydrogen-bond acceptors (Lipinski definition) is 4. The van der Waals surface area contributed by atoms with Gasteiger partial charge in [-0.1, -0.05) is 11.6 Å². The van der Waals surface area contributed by atoms with Crippen LogP contribution in [0, 0.1) is 21.7 Å². The molecular weight excluding hydrogens is 244 g/mol. The lowest BCUT2D eigenvalue weighted by Gasteiger charge is -1.99. The highest BCUT2D eigenvalue weighted by Crippen LogP contribution is 2.29. The van der Waals surface area contributed by atoms with E-state index in [1.165, 1.54) is 0 Å². The fraction of sp³-hybridized carbons (Fsp3) is 0. The monoisotopic (exact) mass is 245 g/mol. The van der Waals surface area contributed by atoms with E-state index in [9.17, 15) is 18.9 Å². The van der Waals surface area contributed by atoms with Crippen molar-refractivity contribution in [1.29, 1.82) is 0 Å². The standard InChI is InChI=1S/C8H2ClF2N3O2/c9-7-3-1-4(10)5(11)2-6(3)12-13-8(7)14(15)16/h1-2H. The topological polar surface area (TPSA) is 68.9 Å². The average molecular weight is 246 g/mol. The van der Waals surface area contributed by atoms with Gasteiger partial charge in [-0.15, -0.1) is 0 Å². The highest BCUT2D eigenvalue weighted by atomic mass is 35.5. The van der Waals surface area contributed by atoms with E-state index in [0.29, 0.717) is 0 Å². The van der Waals surface area contributed by atoms with E-state index in [-0.39, 0.29) is 15.9 Å². The van der Waals surface area contributed by atoms with Crippen molar-refractivity contribution in [3.05, 3.63) is 38.9 Å². The van der Waals surface area contributed by atoms with Crippen LogP contribution in [0.15, 0.2) is 12.1 Å². The first kappa shape index (κ1) is 10.6. The summed E-state index contributed by atoms with van der Waals surface area (Å²) in [6.07, 6.45) is 0. The summed E-state index contributed by atoms with van der Waals surface area (Å²) in [5.74, 6) is -2.97. The van der Waals surface area contributed by atoms with Gasteiger partial charge in [0.2, 0.25) is 0 Å². The number of rotatable bonds is 1. The molecule has 16 heavy (non-hydrogen) atoms. The smallest absolute Gasteiger partial charge is 0.358 e. The SMILES string of the molecule is O=[N+]([O-])c1nnc2cc(F)c(F)cc2c1Cl. The van der Waals surface area contributed by atoms with Crippen molar-refractivity contribution in [3.8, 4) is 0 Å². The van der Waals surface area contributed by atoms with Gasteiger partial charge < -0.3 is 10.1 Å². The molecule has 2 aromatic rings. The Morgan fingerprint density at radius 2 is 1.88 bits per heavy atom. The Morgan fingerprint density at radius 3 is 2.50 bits per heavy atom. The minimum Gasteiger partial charge on any atom is -0.358 e. The summed E-state index contributed by atoms with van der Waals surface area (Å²) in [5, 5.41) is 16.6. The summed E-state index contributed by atoms with van der Waals surface area (Å²) in [6, 6.07) is 1.52. The van der Waals surface area contributed by atoms with Crippen LogP contribution in [0.2, 0.25) is 5.02 Å². The van der Waals surface area contributed by atoms with Crippen LogP contribution in [-0.2, 0) is 0 Å². The molecule has 5 nitrogen and oxygen atoms in total. The van der Waals surface area contributed by atoms with Gasteiger partial charge in [-0.2, -0.15) is 0 Å². The Balaban J connectivity index is 2.84. The molecule has 0 aliphatic heterocycles. The zero-order valence-corrected chi connectivity index (χ0v) is 8.20. The van der Waals surface area contributed by atoms with Gasteiger partial charge in [-0.3, -0.25) is 0 Å². The maximum atomic E-state index is 12.9. The molecule has 0 saturated heterocycles. The van der Waals surface area contributed by atoms with Gasteiger partial charge in [0.05, 0.1) is 5.10 Å². The minimum absolute atomic E-state index is 0.0468. The molecule has 0 fully saturated rings. The lowest BCUT2D eigenvalue weighted by molar-refractivity contribution is -0.389. The van der Waals surface area contributed by atoms with E-state index >= 15 is 0 Å². The van der Waals surface area contributed by atoms with Crippen molar-refractivity contribution in [2.75, 3.05) is 0 Å². The van der Waals surface area contributed by atoms with Crippen molar-refractivity contribution in [2.24, 2.45) is 0 Å². The van der Waals surface area contributed by atoms with Crippen molar-refractivity contribution >= 4 is 28.3 Å². The molecule has 0 N–H and O–H groups in total. The molecule has 0 radical (unpaired) electrons. The summed E-state index contributed by atoms with van der Waals surface area (Å²) in [7, 11) is 0. The van der Waals surface area contributed by atoms with Crippen molar-refractivity contribution < 1.29 is 13.7 Å². The molecule has 0 aliphatic rings. The summed E-state index contributed by atoms with van der Waals surface area (Å²) in [4.78, 5) is 9.62. The normalized spacial score (nSPS) is 10.7.